The molecule has 0 atom stereocenters. The van der Waals surface area contributed by atoms with Crippen LogP contribution >= 0.6 is 0 Å². The number of nitrogens with zero attached hydrogens (tertiary/aromatic N) is 4. The number of carbonyl (C=O) groups is 1. The van der Waals surface area contributed by atoms with Crippen LogP contribution in [0.3, 0.4) is 0 Å². The minimum atomic E-state index is 0.0443. The molecule has 0 aromatic heterocycles. The van der Waals surface area contributed by atoms with E-state index in [2.05, 4.69) is 22.1 Å². The summed E-state index contributed by atoms with van der Waals surface area (Å²) in [7, 11) is 2.13. The second-order valence-electron chi connectivity index (χ2n) is 7.37. The highest BCUT2D eigenvalue weighted by Gasteiger charge is 2.18. The van der Waals surface area contributed by atoms with Gasteiger partial charge in [0.2, 0.25) is 0 Å². The monoisotopic (exact) mass is 388 g/mol. The molecule has 0 unspecified atom stereocenters. The summed E-state index contributed by atoms with van der Waals surface area (Å²) in [5.74, 6) is 1.29. The molecular weight excluding hydrogens is 356 g/mol. The summed E-state index contributed by atoms with van der Waals surface area (Å²) in [4.78, 5) is 16.5. The third-order valence-corrected chi connectivity index (χ3v) is 5.18. The zero-order valence-electron chi connectivity index (χ0n) is 17.1. The van der Waals surface area contributed by atoms with E-state index in [1.54, 1.807) is 0 Å². The number of likely N-dealkylation sites (tertiary alicyclic amines) is 1. The van der Waals surface area contributed by atoms with E-state index < -0.39 is 0 Å². The molecule has 154 valence electrons. The van der Waals surface area contributed by atoms with Crippen LogP contribution in [-0.2, 0) is 4.79 Å². The molecule has 0 saturated carbocycles. The molecule has 3 rings (SSSR count). The Kier molecular flexibility index (Phi) is 7.54. The van der Waals surface area contributed by atoms with Crippen LogP contribution in [0.4, 0.5) is 0 Å². The second-order valence-corrected chi connectivity index (χ2v) is 7.37. The Hall–Kier alpha value is -2.28. The van der Waals surface area contributed by atoms with Gasteiger partial charge in [0.05, 0.1) is 12.8 Å². The number of benzene rings is 1. The maximum atomic E-state index is 12.3. The summed E-state index contributed by atoms with van der Waals surface area (Å²) in [5.41, 5.74) is 0.956. The Bertz CT molecular complexity index is 666. The Morgan fingerprint density at radius 2 is 1.79 bits per heavy atom. The van der Waals surface area contributed by atoms with Crippen molar-refractivity contribution < 1.29 is 14.3 Å². The van der Waals surface area contributed by atoms with Crippen LogP contribution in [0.15, 0.2) is 23.3 Å². The van der Waals surface area contributed by atoms with Crippen molar-refractivity contribution in [1.29, 1.82) is 0 Å². The Morgan fingerprint density at radius 3 is 2.50 bits per heavy atom. The van der Waals surface area contributed by atoms with Crippen LogP contribution in [-0.4, -0.2) is 86.5 Å². The Balaban J connectivity index is 1.59. The smallest absolute Gasteiger partial charge is 0.260 e. The molecule has 2 aliphatic rings. The molecule has 7 heteroatoms. The lowest BCUT2D eigenvalue weighted by molar-refractivity contribution is -0.134. The summed E-state index contributed by atoms with van der Waals surface area (Å²) in [6.07, 6.45) is 5.22. The van der Waals surface area contributed by atoms with E-state index in [0.29, 0.717) is 18.1 Å². The maximum Gasteiger partial charge on any atom is 0.260 e. The topological polar surface area (TPSA) is 57.6 Å². The lowest BCUT2D eigenvalue weighted by Gasteiger charge is -2.30. The van der Waals surface area contributed by atoms with Crippen LogP contribution in [0, 0.1) is 0 Å². The van der Waals surface area contributed by atoms with Crippen molar-refractivity contribution in [3.8, 4) is 11.5 Å². The number of piperazine rings is 1. The van der Waals surface area contributed by atoms with Gasteiger partial charge in [-0.1, -0.05) is 0 Å². The molecule has 1 aromatic carbocycles. The molecule has 1 aromatic rings. The standard InChI is InChI=1S/C21H32N4O3/c1-3-27-20-15-18(16-22-25-13-11-23(2)12-14-25)7-8-19(20)28-17-21(26)24-9-5-4-6-10-24/h7-8,15-16H,3-6,9-14,17H2,1-2H3/b22-16-. The second kappa shape index (κ2) is 10.3. The van der Waals surface area contributed by atoms with Gasteiger partial charge in [0.25, 0.3) is 5.91 Å². The van der Waals surface area contributed by atoms with Crippen molar-refractivity contribution in [3.05, 3.63) is 23.8 Å². The number of carbonyl (C=O) groups excluding carboxylic acids is 1. The minimum absolute atomic E-state index is 0.0443. The number of hydrazone groups is 1. The molecular formula is C21H32N4O3. The molecule has 28 heavy (non-hydrogen) atoms. The van der Waals surface area contributed by atoms with E-state index in [4.69, 9.17) is 9.47 Å². The Labute approximate surface area is 167 Å². The van der Waals surface area contributed by atoms with Crippen LogP contribution in [0.25, 0.3) is 0 Å². The molecule has 0 spiro atoms. The van der Waals surface area contributed by atoms with Crippen molar-refractivity contribution in [2.24, 2.45) is 5.10 Å². The first-order chi connectivity index (χ1) is 13.7. The predicted octanol–water partition coefficient (Wildman–Crippen LogP) is 2.06. The van der Waals surface area contributed by atoms with Gasteiger partial charge in [-0.3, -0.25) is 9.80 Å². The zero-order chi connectivity index (χ0) is 19.8. The third-order valence-electron chi connectivity index (χ3n) is 5.18. The summed E-state index contributed by atoms with van der Waals surface area (Å²) >= 11 is 0. The largest absolute Gasteiger partial charge is 0.490 e. The quantitative estimate of drug-likeness (QED) is 0.669. The van der Waals surface area contributed by atoms with E-state index in [1.807, 2.05) is 36.2 Å². The average Bonchev–Trinajstić information content (AvgIpc) is 2.73. The van der Waals surface area contributed by atoms with Gasteiger partial charge in [-0.05, 0) is 57.0 Å². The molecule has 7 nitrogen and oxygen atoms in total. The number of hydrogen-bond acceptors (Lipinski definition) is 6. The fourth-order valence-corrected chi connectivity index (χ4v) is 3.43. The van der Waals surface area contributed by atoms with E-state index in [1.165, 1.54) is 6.42 Å². The van der Waals surface area contributed by atoms with Crippen molar-refractivity contribution in [1.82, 2.24) is 14.8 Å². The first kappa shape index (κ1) is 20.5. The van der Waals surface area contributed by atoms with Crippen LogP contribution in [0.2, 0.25) is 0 Å². The van der Waals surface area contributed by atoms with Gasteiger partial charge in [0, 0.05) is 39.3 Å². The predicted molar refractivity (Wildman–Crippen MR) is 110 cm³/mol. The molecule has 2 saturated heterocycles. The number of ether oxygens (including phenoxy) is 2. The molecule has 0 bridgehead atoms. The van der Waals surface area contributed by atoms with Crippen LogP contribution in [0.5, 0.6) is 11.5 Å². The fraction of sp³-hybridized carbons (Fsp3) is 0.619. The van der Waals surface area contributed by atoms with Gasteiger partial charge in [0.15, 0.2) is 18.1 Å². The third kappa shape index (κ3) is 5.86. The number of rotatable bonds is 7. The highest BCUT2D eigenvalue weighted by molar-refractivity contribution is 5.81. The highest BCUT2D eigenvalue weighted by Crippen LogP contribution is 2.28. The van der Waals surface area contributed by atoms with E-state index in [0.717, 1.165) is 57.7 Å². The van der Waals surface area contributed by atoms with Gasteiger partial charge in [-0.15, -0.1) is 0 Å². The molecule has 0 N–H and O–H groups in total. The number of likely N-dealkylation sites (N-methyl/N-ethyl adjacent to an activating group) is 1. The molecule has 2 fully saturated rings. The zero-order valence-corrected chi connectivity index (χ0v) is 17.1. The fourth-order valence-electron chi connectivity index (χ4n) is 3.43. The number of amides is 1. The van der Waals surface area contributed by atoms with E-state index in [-0.39, 0.29) is 12.5 Å². The summed E-state index contributed by atoms with van der Waals surface area (Å²) in [5, 5.41) is 6.66. The molecule has 2 aliphatic heterocycles. The van der Waals surface area contributed by atoms with Crippen molar-refractivity contribution in [3.63, 3.8) is 0 Å². The molecule has 2 heterocycles. The lowest BCUT2D eigenvalue weighted by atomic mass is 10.1. The van der Waals surface area contributed by atoms with E-state index in [9.17, 15) is 4.79 Å². The normalized spacial score (nSPS) is 18.5. The average molecular weight is 389 g/mol. The first-order valence-corrected chi connectivity index (χ1v) is 10.3. The SMILES string of the molecule is CCOc1cc(/C=N\N2CCN(C)CC2)ccc1OCC(=O)N1CCCCC1. The van der Waals surface area contributed by atoms with Crippen molar-refractivity contribution in [2.75, 3.05) is 59.5 Å². The maximum absolute atomic E-state index is 12.3. The number of hydrogen-bond donors (Lipinski definition) is 0. The van der Waals surface area contributed by atoms with Crippen molar-refractivity contribution >= 4 is 12.1 Å². The van der Waals surface area contributed by atoms with Gasteiger partial charge >= 0.3 is 0 Å². The van der Waals surface area contributed by atoms with Gasteiger partial charge < -0.3 is 19.3 Å². The number of piperidine rings is 1. The first-order valence-electron chi connectivity index (χ1n) is 10.3. The summed E-state index contributed by atoms with van der Waals surface area (Å²) in [6, 6.07) is 5.73. The van der Waals surface area contributed by atoms with E-state index >= 15 is 0 Å². The van der Waals surface area contributed by atoms with Crippen LogP contribution < -0.4 is 9.47 Å². The minimum Gasteiger partial charge on any atom is -0.490 e. The Morgan fingerprint density at radius 1 is 1.04 bits per heavy atom. The van der Waals surface area contributed by atoms with Gasteiger partial charge in [-0.2, -0.15) is 5.10 Å². The van der Waals surface area contributed by atoms with Gasteiger partial charge in [-0.25, -0.2) is 0 Å². The lowest BCUT2D eigenvalue weighted by Crippen LogP contribution is -2.41. The molecule has 1 amide bonds. The van der Waals surface area contributed by atoms with Crippen LogP contribution in [0.1, 0.15) is 31.7 Å². The van der Waals surface area contributed by atoms with Gasteiger partial charge in [0.1, 0.15) is 0 Å². The van der Waals surface area contributed by atoms with Crippen molar-refractivity contribution in [2.45, 2.75) is 26.2 Å². The molecule has 0 aliphatic carbocycles. The summed E-state index contributed by atoms with van der Waals surface area (Å²) < 4.78 is 11.5. The highest BCUT2D eigenvalue weighted by atomic mass is 16.5. The molecule has 0 radical (unpaired) electrons. The summed E-state index contributed by atoms with van der Waals surface area (Å²) in [6.45, 7) is 8.12.